The molecule has 3 heteroatoms. The number of nitrogens with zero attached hydrogens (tertiary/aromatic N) is 1. The van der Waals surface area contributed by atoms with Crippen LogP contribution >= 0.6 is 0 Å². The topological polar surface area (TPSA) is 29.5 Å². The van der Waals surface area contributed by atoms with E-state index in [9.17, 15) is 5.11 Å². The average molecular weight is 323 g/mol. The van der Waals surface area contributed by atoms with Crippen molar-refractivity contribution < 1.29 is 14.3 Å². The molecule has 0 aliphatic heterocycles. The molecule has 1 aromatic carbocycles. The summed E-state index contributed by atoms with van der Waals surface area (Å²) < 4.78 is 6.45. The zero-order chi connectivity index (χ0) is 17.9. The molecular weight excluding hydrogens is 286 g/mol. The molecular formula is C20H36NO2+. The van der Waals surface area contributed by atoms with Gasteiger partial charge in [-0.1, -0.05) is 46.8 Å². The fraction of sp³-hybridized carbons (Fsp3) is 0.700. The molecule has 3 nitrogen and oxygen atoms in total. The fourth-order valence-electron chi connectivity index (χ4n) is 3.31. The van der Waals surface area contributed by atoms with Crippen LogP contribution in [-0.4, -0.2) is 50.0 Å². The average Bonchev–Trinajstić information content (AvgIpc) is 2.32. The standard InChI is InChI=1S/C20H36NO2/c1-19(2,3)15-20(4,5)16-9-11-18(12-10-16)23-14-17(22)13-21(6,7)8/h9-12,17,22H,13-15H2,1-8H3/q+1. The highest BCUT2D eigenvalue weighted by Gasteiger charge is 2.27. The van der Waals surface area contributed by atoms with E-state index in [1.54, 1.807) is 0 Å². The maximum Gasteiger partial charge on any atom is 0.137 e. The van der Waals surface area contributed by atoms with Crippen LogP contribution in [0.2, 0.25) is 0 Å². The third kappa shape index (κ3) is 7.85. The molecule has 1 unspecified atom stereocenters. The summed E-state index contributed by atoms with van der Waals surface area (Å²) in [5.74, 6) is 0.820. The minimum atomic E-state index is -0.452. The van der Waals surface area contributed by atoms with Gasteiger partial charge in [-0.05, 0) is 34.9 Å². The number of rotatable bonds is 7. The molecule has 0 saturated carbocycles. The lowest BCUT2D eigenvalue weighted by Crippen LogP contribution is -2.43. The van der Waals surface area contributed by atoms with Gasteiger partial charge in [-0.2, -0.15) is 0 Å². The lowest BCUT2D eigenvalue weighted by atomic mass is 9.72. The summed E-state index contributed by atoms with van der Waals surface area (Å²) in [5, 5.41) is 10.0. The van der Waals surface area contributed by atoms with Crippen molar-refractivity contribution in [3.05, 3.63) is 29.8 Å². The molecule has 0 amide bonds. The van der Waals surface area contributed by atoms with Crippen molar-refractivity contribution in [2.45, 2.75) is 52.6 Å². The normalized spacial score (nSPS) is 14.7. The van der Waals surface area contributed by atoms with Crippen LogP contribution in [0.4, 0.5) is 0 Å². The molecule has 0 heterocycles. The molecule has 1 atom stereocenters. The van der Waals surface area contributed by atoms with E-state index in [0.717, 1.165) is 16.7 Å². The zero-order valence-corrected chi connectivity index (χ0v) is 16.3. The van der Waals surface area contributed by atoms with Crippen molar-refractivity contribution >= 4 is 0 Å². The summed E-state index contributed by atoms with van der Waals surface area (Å²) in [6.45, 7) is 12.4. The zero-order valence-electron chi connectivity index (χ0n) is 16.3. The number of aliphatic hydroxyl groups excluding tert-OH is 1. The number of hydrogen-bond donors (Lipinski definition) is 1. The maximum absolute atomic E-state index is 10.0. The molecule has 0 aliphatic rings. The Hall–Kier alpha value is -1.06. The number of hydrogen-bond acceptors (Lipinski definition) is 2. The van der Waals surface area contributed by atoms with Crippen LogP contribution in [0.3, 0.4) is 0 Å². The predicted molar refractivity (Wildman–Crippen MR) is 97.9 cm³/mol. The van der Waals surface area contributed by atoms with E-state index in [0.29, 0.717) is 18.6 Å². The summed E-state index contributed by atoms with van der Waals surface area (Å²) in [6, 6.07) is 8.32. The van der Waals surface area contributed by atoms with E-state index in [1.807, 2.05) is 12.1 Å². The fourth-order valence-corrected chi connectivity index (χ4v) is 3.31. The summed E-state index contributed by atoms with van der Waals surface area (Å²) >= 11 is 0. The molecule has 23 heavy (non-hydrogen) atoms. The van der Waals surface area contributed by atoms with Gasteiger partial charge in [-0.3, -0.25) is 0 Å². The van der Waals surface area contributed by atoms with Crippen molar-refractivity contribution in [3.8, 4) is 5.75 Å². The Balaban J connectivity index is 2.63. The molecule has 1 aromatic rings. The minimum Gasteiger partial charge on any atom is -0.491 e. The molecule has 0 saturated heterocycles. The van der Waals surface area contributed by atoms with Crippen molar-refractivity contribution in [1.29, 1.82) is 0 Å². The molecule has 0 radical (unpaired) electrons. The van der Waals surface area contributed by atoms with Crippen LogP contribution in [0.25, 0.3) is 0 Å². The van der Waals surface area contributed by atoms with Crippen molar-refractivity contribution in [1.82, 2.24) is 0 Å². The highest BCUT2D eigenvalue weighted by atomic mass is 16.5. The lowest BCUT2D eigenvalue weighted by Gasteiger charge is -2.33. The van der Waals surface area contributed by atoms with Gasteiger partial charge in [0.05, 0.1) is 21.1 Å². The Kier molecular flexibility index (Phi) is 6.28. The van der Waals surface area contributed by atoms with Gasteiger partial charge in [0, 0.05) is 0 Å². The van der Waals surface area contributed by atoms with Crippen molar-refractivity contribution in [2.75, 3.05) is 34.3 Å². The molecule has 0 fully saturated rings. The third-order valence-electron chi connectivity index (χ3n) is 3.81. The number of benzene rings is 1. The first-order valence-electron chi connectivity index (χ1n) is 8.50. The summed E-state index contributed by atoms with van der Waals surface area (Å²) in [7, 11) is 6.19. The van der Waals surface area contributed by atoms with E-state index in [4.69, 9.17) is 4.74 Å². The van der Waals surface area contributed by atoms with Gasteiger partial charge in [0.15, 0.2) is 0 Å². The number of ether oxygens (including phenoxy) is 1. The monoisotopic (exact) mass is 322 g/mol. The second-order valence-corrected chi connectivity index (χ2v) is 9.58. The third-order valence-corrected chi connectivity index (χ3v) is 3.81. The smallest absolute Gasteiger partial charge is 0.137 e. The molecule has 0 bridgehead atoms. The van der Waals surface area contributed by atoms with Gasteiger partial charge in [0.2, 0.25) is 0 Å². The second kappa shape index (κ2) is 7.23. The second-order valence-electron chi connectivity index (χ2n) is 9.58. The van der Waals surface area contributed by atoms with Gasteiger partial charge in [-0.25, -0.2) is 0 Å². The van der Waals surface area contributed by atoms with Crippen LogP contribution in [0.5, 0.6) is 5.75 Å². The lowest BCUT2D eigenvalue weighted by molar-refractivity contribution is -0.873. The number of quaternary nitrogens is 1. The van der Waals surface area contributed by atoms with Gasteiger partial charge < -0.3 is 14.3 Å². The quantitative estimate of drug-likeness (QED) is 0.773. The molecule has 132 valence electrons. The first-order chi connectivity index (χ1) is 10.3. The summed E-state index contributed by atoms with van der Waals surface area (Å²) in [4.78, 5) is 0. The van der Waals surface area contributed by atoms with Crippen molar-refractivity contribution in [2.24, 2.45) is 5.41 Å². The SMILES string of the molecule is CC(C)(C)CC(C)(C)c1ccc(OCC(O)C[N+](C)(C)C)cc1. The van der Waals surface area contributed by atoms with E-state index in [2.05, 4.69) is 67.9 Å². The molecule has 0 aliphatic carbocycles. The van der Waals surface area contributed by atoms with Gasteiger partial charge in [-0.15, -0.1) is 0 Å². The first-order valence-corrected chi connectivity index (χ1v) is 8.50. The van der Waals surface area contributed by atoms with E-state index in [-0.39, 0.29) is 5.41 Å². The largest absolute Gasteiger partial charge is 0.491 e. The van der Waals surface area contributed by atoms with Gasteiger partial charge >= 0.3 is 0 Å². The van der Waals surface area contributed by atoms with E-state index in [1.165, 1.54) is 5.56 Å². The molecule has 1 N–H and O–H groups in total. The van der Waals surface area contributed by atoms with E-state index >= 15 is 0 Å². The van der Waals surface area contributed by atoms with Crippen LogP contribution < -0.4 is 4.74 Å². The minimum absolute atomic E-state index is 0.139. The molecule has 0 aromatic heterocycles. The van der Waals surface area contributed by atoms with E-state index < -0.39 is 6.10 Å². The predicted octanol–water partition coefficient (Wildman–Crippen LogP) is 3.85. The van der Waals surface area contributed by atoms with Crippen LogP contribution in [0.1, 0.15) is 46.6 Å². The molecule has 0 spiro atoms. The Morgan fingerprint density at radius 1 is 1.00 bits per heavy atom. The maximum atomic E-state index is 10.0. The highest BCUT2D eigenvalue weighted by molar-refractivity contribution is 5.31. The Bertz CT molecular complexity index is 478. The first kappa shape index (κ1) is 20.0. The molecule has 1 rings (SSSR count). The summed E-state index contributed by atoms with van der Waals surface area (Å²) in [6.07, 6.45) is 0.676. The Morgan fingerprint density at radius 2 is 1.52 bits per heavy atom. The van der Waals surface area contributed by atoms with Crippen LogP contribution in [0, 0.1) is 5.41 Å². The van der Waals surface area contributed by atoms with Crippen LogP contribution in [-0.2, 0) is 5.41 Å². The number of aliphatic hydroxyl groups is 1. The summed E-state index contributed by atoms with van der Waals surface area (Å²) in [5.41, 5.74) is 1.76. The van der Waals surface area contributed by atoms with Gasteiger partial charge in [0.1, 0.15) is 25.0 Å². The highest BCUT2D eigenvalue weighted by Crippen LogP contribution is 2.36. The van der Waals surface area contributed by atoms with Crippen molar-refractivity contribution in [3.63, 3.8) is 0 Å². The Morgan fingerprint density at radius 3 is 1.96 bits per heavy atom. The number of likely N-dealkylation sites (N-methyl/N-ethyl adjacent to an activating group) is 1. The Labute approximate surface area is 142 Å². The van der Waals surface area contributed by atoms with Gasteiger partial charge in [0.25, 0.3) is 0 Å². The van der Waals surface area contributed by atoms with Crippen LogP contribution in [0.15, 0.2) is 24.3 Å².